The molecule has 0 unspecified atom stereocenters. The van der Waals surface area contributed by atoms with Crippen molar-refractivity contribution in [3.05, 3.63) is 34.6 Å². The Morgan fingerprint density at radius 1 is 1.47 bits per heavy atom. The van der Waals surface area contributed by atoms with Crippen molar-refractivity contribution in [2.24, 2.45) is 0 Å². The Morgan fingerprint density at radius 2 is 2.12 bits per heavy atom. The van der Waals surface area contributed by atoms with Crippen LogP contribution in [0.2, 0.25) is 5.02 Å². The maximum atomic E-state index is 13.5. The van der Waals surface area contributed by atoms with E-state index >= 15 is 0 Å². The van der Waals surface area contributed by atoms with Gasteiger partial charge < -0.3 is 4.74 Å². The Bertz CT molecular complexity index is 416. The van der Waals surface area contributed by atoms with E-state index in [0.717, 1.165) is 0 Å². The van der Waals surface area contributed by atoms with Gasteiger partial charge in [0.05, 0.1) is 0 Å². The van der Waals surface area contributed by atoms with Crippen LogP contribution >= 0.6 is 11.6 Å². The van der Waals surface area contributed by atoms with Crippen molar-refractivity contribution >= 4 is 17.4 Å². The summed E-state index contributed by atoms with van der Waals surface area (Å²) in [5.41, 5.74) is -0.598. The van der Waals surface area contributed by atoms with Crippen LogP contribution in [0.5, 0.6) is 0 Å². The van der Waals surface area contributed by atoms with Crippen LogP contribution in [0.25, 0.3) is 0 Å². The van der Waals surface area contributed by atoms with Crippen LogP contribution in [-0.2, 0) is 16.0 Å². The smallest absolute Gasteiger partial charge is 0.168 e. The molecule has 1 aromatic rings. The number of hydrogen-bond donors (Lipinski definition) is 0. The lowest BCUT2D eigenvalue weighted by atomic mass is 9.96. The molecule has 0 aliphatic heterocycles. The third kappa shape index (κ3) is 3.79. The number of ketones is 1. The van der Waals surface area contributed by atoms with Gasteiger partial charge in [0.1, 0.15) is 11.4 Å². The van der Waals surface area contributed by atoms with Gasteiger partial charge in [0.15, 0.2) is 5.78 Å². The Kier molecular flexibility index (Phi) is 4.66. The normalized spacial score (nSPS) is 11.6. The quantitative estimate of drug-likeness (QED) is 0.809. The molecule has 0 aliphatic rings. The minimum atomic E-state index is -0.899. The molecular formula is C13H16ClFO2. The summed E-state index contributed by atoms with van der Waals surface area (Å²) < 4.78 is 18.8. The van der Waals surface area contributed by atoms with Crippen LogP contribution in [0.4, 0.5) is 4.39 Å². The molecule has 0 radical (unpaired) electrons. The Morgan fingerprint density at radius 3 is 2.71 bits per heavy atom. The molecule has 94 valence electrons. The molecule has 1 aromatic carbocycles. The van der Waals surface area contributed by atoms with Crippen LogP contribution in [0.1, 0.15) is 26.3 Å². The van der Waals surface area contributed by atoms with Crippen LogP contribution in [0.3, 0.4) is 0 Å². The Balaban J connectivity index is 2.84. The summed E-state index contributed by atoms with van der Waals surface area (Å²) in [5.74, 6) is -0.587. The number of carbonyl (C=O) groups excluding carboxylic acids is 1. The maximum absolute atomic E-state index is 13.5. The Labute approximate surface area is 106 Å². The summed E-state index contributed by atoms with van der Waals surface area (Å²) in [7, 11) is 0. The first-order valence-corrected chi connectivity index (χ1v) is 5.86. The van der Waals surface area contributed by atoms with Crippen molar-refractivity contribution in [2.45, 2.75) is 32.8 Å². The number of rotatable bonds is 5. The van der Waals surface area contributed by atoms with E-state index in [0.29, 0.717) is 17.2 Å². The van der Waals surface area contributed by atoms with E-state index in [1.807, 2.05) is 6.92 Å². The zero-order chi connectivity index (χ0) is 13.1. The lowest BCUT2D eigenvalue weighted by Gasteiger charge is -2.23. The molecule has 0 spiro atoms. The van der Waals surface area contributed by atoms with Crippen molar-refractivity contribution in [3.8, 4) is 0 Å². The average Bonchev–Trinajstić information content (AvgIpc) is 2.23. The first kappa shape index (κ1) is 14.1. The van der Waals surface area contributed by atoms with Gasteiger partial charge in [-0.2, -0.15) is 0 Å². The fraction of sp³-hybridized carbons (Fsp3) is 0.462. The number of carbonyl (C=O) groups is 1. The van der Waals surface area contributed by atoms with Crippen LogP contribution in [-0.4, -0.2) is 18.0 Å². The second-order valence-corrected chi connectivity index (χ2v) is 4.72. The van der Waals surface area contributed by atoms with E-state index in [2.05, 4.69) is 0 Å². The van der Waals surface area contributed by atoms with Gasteiger partial charge in [0.25, 0.3) is 0 Å². The van der Waals surface area contributed by atoms with Crippen LogP contribution < -0.4 is 0 Å². The van der Waals surface area contributed by atoms with E-state index < -0.39 is 11.4 Å². The molecule has 0 atom stereocenters. The molecule has 4 heteroatoms. The zero-order valence-corrected chi connectivity index (χ0v) is 11.0. The van der Waals surface area contributed by atoms with Crippen molar-refractivity contribution < 1.29 is 13.9 Å². The number of Topliss-reactive ketones (excluding diaryl/α,β-unsaturated/α-hetero) is 1. The van der Waals surface area contributed by atoms with E-state index in [4.69, 9.17) is 16.3 Å². The van der Waals surface area contributed by atoms with E-state index in [-0.39, 0.29) is 12.2 Å². The van der Waals surface area contributed by atoms with Gasteiger partial charge in [-0.1, -0.05) is 11.6 Å². The minimum Gasteiger partial charge on any atom is -0.368 e. The molecule has 2 nitrogen and oxygen atoms in total. The molecule has 0 saturated heterocycles. The summed E-state index contributed by atoms with van der Waals surface area (Å²) in [4.78, 5) is 12.0. The molecule has 0 aliphatic carbocycles. The molecular weight excluding hydrogens is 243 g/mol. The summed E-state index contributed by atoms with van der Waals surface area (Å²) in [6.07, 6.45) is -0.0145. The second kappa shape index (κ2) is 5.61. The first-order chi connectivity index (χ1) is 7.86. The molecule has 0 saturated carbocycles. The molecule has 0 aromatic heterocycles. The predicted molar refractivity (Wildman–Crippen MR) is 65.8 cm³/mol. The number of ether oxygens (including phenoxy) is 1. The summed E-state index contributed by atoms with van der Waals surface area (Å²) in [6, 6.07) is 4.19. The fourth-order valence-electron chi connectivity index (χ4n) is 1.51. The predicted octanol–water partition coefficient (Wildman–Crippen LogP) is 3.41. The minimum absolute atomic E-state index is 0.0145. The third-order valence-corrected chi connectivity index (χ3v) is 2.77. The van der Waals surface area contributed by atoms with Gasteiger partial charge in [-0.15, -0.1) is 0 Å². The molecule has 0 N–H and O–H groups in total. The maximum Gasteiger partial charge on any atom is 0.168 e. The summed E-state index contributed by atoms with van der Waals surface area (Å²) in [5, 5.41) is 0.420. The van der Waals surface area contributed by atoms with E-state index in [9.17, 15) is 9.18 Å². The van der Waals surface area contributed by atoms with E-state index in [1.54, 1.807) is 13.8 Å². The molecule has 0 heterocycles. The summed E-state index contributed by atoms with van der Waals surface area (Å²) in [6.45, 7) is 5.62. The highest BCUT2D eigenvalue weighted by atomic mass is 35.5. The lowest BCUT2D eigenvalue weighted by Crippen LogP contribution is -2.36. The fourth-order valence-corrected chi connectivity index (χ4v) is 1.70. The molecule has 17 heavy (non-hydrogen) atoms. The summed E-state index contributed by atoms with van der Waals surface area (Å²) >= 11 is 5.77. The largest absolute Gasteiger partial charge is 0.368 e. The van der Waals surface area contributed by atoms with Gasteiger partial charge >= 0.3 is 0 Å². The van der Waals surface area contributed by atoms with Crippen molar-refractivity contribution in [2.75, 3.05) is 6.61 Å². The van der Waals surface area contributed by atoms with Crippen molar-refractivity contribution in [1.82, 2.24) is 0 Å². The molecule has 1 rings (SSSR count). The highest BCUT2D eigenvalue weighted by molar-refractivity contribution is 6.30. The topological polar surface area (TPSA) is 26.3 Å². The molecule has 0 bridgehead atoms. The number of halogens is 2. The first-order valence-electron chi connectivity index (χ1n) is 5.48. The monoisotopic (exact) mass is 258 g/mol. The van der Waals surface area contributed by atoms with E-state index in [1.165, 1.54) is 18.2 Å². The van der Waals surface area contributed by atoms with Crippen LogP contribution in [0, 0.1) is 5.82 Å². The van der Waals surface area contributed by atoms with Crippen molar-refractivity contribution in [3.63, 3.8) is 0 Å². The van der Waals surface area contributed by atoms with Gasteiger partial charge in [-0.05, 0) is 44.5 Å². The molecule has 0 fully saturated rings. The van der Waals surface area contributed by atoms with Gasteiger partial charge in [0, 0.05) is 18.1 Å². The van der Waals surface area contributed by atoms with Crippen molar-refractivity contribution in [1.29, 1.82) is 0 Å². The van der Waals surface area contributed by atoms with Gasteiger partial charge in [0.2, 0.25) is 0 Å². The Hall–Kier alpha value is -0.930. The third-order valence-electron chi connectivity index (χ3n) is 2.54. The molecule has 0 amide bonds. The number of benzene rings is 1. The lowest BCUT2D eigenvalue weighted by molar-refractivity contribution is -0.139. The zero-order valence-electron chi connectivity index (χ0n) is 10.2. The van der Waals surface area contributed by atoms with Gasteiger partial charge in [-0.3, -0.25) is 4.79 Å². The average molecular weight is 259 g/mol. The SMILES string of the molecule is CCOC(C)(C)C(=O)Cc1cc(Cl)ccc1F. The number of hydrogen-bond acceptors (Lipinski definition) is 2. The highest BCUT2D eigenvalue weighted by Gasteiger charge is 2.28. The standard InChI is InChI=1S/C13H16ClFO2/c1-4-17-13(2,3)12(16)8-9-7-10(14)5-6-11(9)15/h5-7H,4,8H2,1-3H3. The van der Waals surface area contributed by atoms with Crippen LogP contribution in [0.15, 0.2) is 18.2 Å². The van der Waals surface area contributed by atoms with Gasteiger partial charge in [-0.25, -0.2) is 4.39 Å². The second-order valence-electron chi connectivity index (χ2n) is 4.28. The highest BCUT2D eigenvalue weighted by Crippen LogP contribution is 2.19.